The van der Waals surface area contributed by atoms with Crippen LogP contribution >= 0.6 is 0 Å². The molecule has 0 fully saturated rings. The van der Waals surface area contributed by atoms with E-state index < -0.39 is 0 Å². The average Bonchev–Trinajstić information content (AvgIpc) is 2.21. The maximum absolute atomic E-state index is 5.45. The molecule has 0 saturated heterocycles. The highest BCUT2D eigenvalue weighted by Crippen LogP contribution is 2.07. The molecule has 0 aromatic heterocycles. The lowest BCUT2D eigenvalue weighted by atomic mass is 10.1. The number of hydrazone groups is 1. The zero-order valence-corrected chi connectivity index (χ0v) is 8.44. The Balaban J connectivity index is 2.64. The molecule has 0 amide bonds. The normalized spacial score (nSPS) is 10.9. The van der Waals surface area contributed by atoms with Gasteiger partial charge in [0.1, 0.15) is 0 Å². The highest BCUT2D eigenvalue weighted by molar-refractivity contribution is 5.81. The summed E-state index contributed by atoms with van der Waals surface area (Å²) in [5.41, 5.74) is 2.14. The van der Waals surface area contributed by atoms with Gasteiger partial charge in [-0.3, -0.25) is 0 Å². The van der Waals surface area contributed by atoms with Gasteiger partial charge in [0.25, 0.3) is 0 Å². The van der Waals surface area contributed by atoms with Gasteiger partial charge in [-0.2, -0.15) is 5.10 Å². The molecule has 0 bridgehead atoms. The molecule has 0 aliphatic rings. The summed E-state index contributed by atoms with van der Waals surface area (Å²) in [5.74, 6) is 5.11. The molecule has 0 radical (unpaired) electrons. The lowest BCUT2D eigenvalue weighted by Gasteiger charge is -2.05. The third kappa shape index (κ3) is 3.18. The van der Waals surface area contributed by atoms with E-state index in [1.807, 2.05) is 24.3 Å². The lowest BCUT2D eigenvalue weighted by molar-refractivity contribution is 0.121. The monoisotopic (exact) mass is 192 g/mol. The van der Waals surface area contributed by atoms with Crippen molar-refractivity contribution >= 4 is 6.21 Å². The number of hydrogen-bond acceptors (Lipinski definition) is 3. The summed E-state index contributed by atoms with van der Waals surface area (Å²) in [6, 6.07) is 7.94. The summed E-state index contributed by atoms with van der Waals surface area (Å²) in [4.78, 5) is 0. The average molecular weight is 192 g/mol. The van der Waals surface area contributed by atoms with Crippen LogP contribution < -0.4 is 5.84 Å². The summed E-state index contributed by atoms with van der Waals surface area (Å²) >= 11 is 0. The van der Waals surface area contributed by atoms with E-state index in [0.29, 0.717) is 6.61 Å². The number of nitrogens with zero attached hydrogens (tertiary/aromatic N) is 1. The number of nitrogens with two attached hydrogens (primary N) is 1. The van der Waals surface area contributed by atoms with Crippen LogP contribution in [0.3, 0.4) is 0 Å². The summed E-state index contributed by atoms with van der Waals surface area (Å²) in [6.07, 6.45) is 2.68. The second-order valence-corrected chi connectivity index (χ2v) is 3.03. The summed E-state index contributed by atoms with van der Waals surface area (Å²) in [5, 5.41) is 3.51. The Morgan fingerprint density at radius 2 is 2.21 bits per heavy atom. The van der Waals surface area contributed by atoms with Gasteiger partial charge >= 0.3 is 0 Å². The number of ether oxygens (including phenoxy) is 1. The van der Waals surface area contributed by atoms with Crippen molar-refractivity contribution in [3.05, 3.63) is 35.4 Å². The number of hydrogen-bond donors (Lipinski definition) is 1. The Morgan fingerprint density at radius 3 is 2.93 bits per heavy atom. The maximum Gasteiger partial charge on any atom is 0.0723 e. The molecule has 0 aliphatic carbocycles. The van der Waals surface area contributed by atoms with E-state index in [1.165, 1.54) is 0 Å². The molecule has 0 unspecified atom stereocenters. The van der Waals surface area contributed by atoms with Crippen LogP contribution in [0, 0.1) is 0 Å². The fourth-order valence-corrected chi connectivity index (χ4v) is 1.20. The van der Waals surface area contributed by atoms with Crippen LogP contribution in [0.2, 0.25) is 0 Å². The number of rotatable bonds is 5. The van der Waals surface area contributed by atoms with Crippen molar-refractivity contribution < 1.29 is 4.74 Å². The molecule has 0 heterocycles. The topological polar surface area (TPSA) is 47.6 Å². The largest absolute Gasteiger partial charge is 0.377 e. The molecule has 3 nitrogen and oxygen atoms in total. The van der Waals surface area contributed by atoms with Crippen molar-refractivity contribution in [3.8, 4) is 0 Å². The van der Waals surface area contributed by atoms with Crippen molar-refractivity contribution in [3.63, 3.8) is 0 Å². The summed E-state index contributed by atoms with van der Waals surface area (Å²) in [6.45, 7) is 3.50. The van der Waals surface area contributed by atoms with E-state index in [1.54, 1.807) is 6.21 Å². The van der Waals surface area contributed by atoms with Crippen molar-refractivity contribution in [2.75, 3.05) is 6.61 Å². The minimum atomic E-state index is 0.621. The fraction of sp³-hybridized carbons (Fsp3) is 0.364. The van der Waals surface area contributed by atoms with Crippen LogP contribution in [0.15, 0.2) is 29.4 Å². The Morgan fingerprint density at radius 1 is 1.43 bits per heavy atom. The van der Waals surface area contributed by atoms with Gasteiger partial charge in [-0.05, 0) is 17.5 Å². The molecular weight excluding hydrogens is 176 g/mol. The molecular formula is C11H16N2O. The molecule has 14 heavy (non-hydrogen) atoms. The van der Waals surface area contributed by atoms with E-state index in [2.05, 4.69) is 12.0 Å². The maximum atomic E-state index is 5.45. The van der Waals surface area contributed by atoms with Gasteiger partial charge in [0.15, 0.2) is 0 Å². The van der Waals surface area contributed by atoms with E-state index in [0.717, 1.165) is 24.2 Å². The van der Waals surface area contributed by atoms with Crippen LogP contribution in [0.25, 0.3) is 0 Å². The smallest absolute Gasteiger partial charge is 0.0723 e. The molecule has 0 atom stereocenters. The predicted molar refractivity (Wildman–Crippen MR) is 58.2 cm³/mol. The van der Waals surface area contributed by atoms with Gasteiger partial charge in [0.05, 0.1) is 12.8 Å². The molecule has 1 aromatic rings. The lowest BCUT2D eigenvalue weighted by Crippen LogP contribution is -1.99. The van der Waals surface area contributed by atoms with Gasteiger partial charge in [0, 0.05) is 6.61 Å². The first-order chi connectivity index (χ1) is 6.88. The quantitative estimate of drug-likeness (QED) is 0.335. The first kappa shape index (κ1) is 10.7. The molecule has 0 spiro atoms. The van der Waals surface area contributed by atoms with Crippen molar-refractivity contribution in [1.29, 1.82) is 0 Å². The zero-order chi connectivity index (χ0) is 10.2. The molecule has 2 N–H and O–H groups in total. The second kappa shape index (κ2) is 6.16. The third-order valence-electron chi connectivity index (χ3n) is 1.87. The van der Waals surface area contributed by atoms with Crippen LogP contribution in [-0.2, 0) is 11.3 Å². The highest BCUT2D eigenvalue weighted by Gasteiger charge is 1.98. The van der Waals surface area contributed by atoms with Gasteiger partial charge in [-0.25, -0.2) is 0 Å². The SMILES string of the molecule is CCCOCc1ccccc1C=NN. The molecule has 1 rings (SSSR count). The summed E-state index contributed by atoms with van der Waals surface area (Å²) in [7, 11) is 0. The molecule has 76 valence electrons. The zero-order valence-electron chi connectivity index (χ0n) is 8.44. The van der Waals surface area contributed by atoms with Crippen molar-refractivity contribution in [2.24, 2.45) is 10.9 Å². The van der Waals surface area contributed by atoms with Gasteiger partial charge in [0.2, 0.25) is 0 Å². The van der Waals surface area contributed by atoms with Crippen LogP contribution in [0.1, 0.15) is 24.5 Å². The highest BCUT2D eigenvalue weighted by atomic mass is 16.5. The first-order valence-electron chi connectivity index (χ1n) is 4.77. The minimum absolute atomic E-state index is 0.621. The Kier molecular flexibility index (Phi) is 4.72. The van der Waals surface area contributed by atoms with E-state index in [9.17, 15) is 0 Å². The van der Waals surface area contributed by atoms with Crippen LogP contribution in [-0.4, -0.2) is 12.8 Å². The van der Waals surface area contributed by atoms with E-state index in [4.69, 9.17) is 10.6 Å². The van der Waals surface area contributed by atoms with E-state index >= 15 is 0 Å². The van der Waals surface area contributed by atoms with Crippen molar-refractivity contribution in [1.82, 2.24) is 0 Å². The molecule has 0 saturated carbocycles. The first-order valence-corrected chi connectivity index (χ1v) is 4.77. The van der Waals surface area contributed by atoms with Crippen LogP contribution in [0.4, 0.5) is 0 Å². The standard InChI is InChI=1S/C11H16N2O/c1-2-7-14-9-11-6-4-3-5-10(11)8-13-12/h3-6,8H,2,7,9,12H2,1H3. The minimum Gasteiger partial charge on any atom is -0.377 e. The second-order valence-electron chi connectivity index (χ2n) is 3.03. The van der Waals surface area contributed by atoms with Gasteiger partial charge in [-0.1, -0.05) is 31.2 Å². The fourth-order valence-electron chi connectivity index (χ4n) is 1.20. The summed E-state index contributed by atoms with van der Waals surface area (Å²) < 4.78 is 5.45. The molecule has 0 aliphatic heterocycles. The predicted octanol–water partition coefficient (Wildman–Crippen LogP) is 1.91. The Bertz CT molecular complexity index is 297. The van der Waals surface area contributed by atoms with Gasteiger partial charge in [-0.15, -0.1) is 0 Å². The molecule has 1 aromatic carbocycles. The molecule has 3 heteroatoms. The van der Waals surface area contributed by atoms with Crippen LogP contribution in [0.5, 0.6) is 0 Å². The third-order valence-corrected chi connectivity index (χ3v) is 1.87. The van der Waals surface area contributed by atoms with Crippen molar-refractivity contribution in [2.45, 2.75) is 20.0 Å². The van der Waals surface area contributed by atoms with Gasteiger partial charge < -0.3 is 10.6 Å². The Labute approximate surface area is 84.6 Å². The number of benzene rings is 1. The van der Waals surface area contributed by atoms with E-state index in [-0.39, 0.29) is 0 Å². The Hall–Kier alpha value is -1.35.